The Morgan fingerprint density at radius 3 is 2.21 bits per heavy atom. The normalized spacial score (nSPS) is 11.4. The first-order valence-corrected chi connectivity index (χ1v) is 5.60. The number of primary amides is 1. The number of carboxylic acid groups (broad SMARTS) is 2. The van der Waals surface area contributed by atoms with E-state index in [0.29, 0.717) is 0 Å². The quantitative estimate of drug-likeness (QED) is 0.335. The van der Waals surface area contributed by atoms with Crippen molar-refractivity contribution in [3.63, 3.8) is 0 Å². The minimum atomic E-state index is -1.28. The molecule has 6 N–H and O–H groups in total. The Morgan fingerprint density at radius 2 is 1.74 bits per heavy atom. The van der Waals surface area contributed by atoms with Crippen molar-refractivity contribution in [2.75, 3.05) is 6.54 Å². The van der Waals surface area contributed by atoms with Gasteiger partial charge in [-0.3, -0.25) is 9.59 Å². The van der Waals surface area contributed by atoms with Crippen molar-refractivity contribution in [3.05, 3.63) is 0 Å². The van der Waals surface area contributed by atoms with Crippen molar-refractivity contribution in [1.29, 1.82) is 0 Å². The average molecular weight is 275 g/mol. The predicted octanol–water partition coefficient (Wildman–Crippen LogP) is -1.13. The van der Waals surface area contributed by atoms with Gasteiger partial charge >= 0.3 is 18.0 Å². The Kier molecular flexibility index (Phi) is 7.66. The van der Waals surface area contributed by atoms with E-state index in [1.165, 1.54) is 0 Å². The molecule has 0 saturated heterocycles. The van der Waals surface area contributed by atoms with Gasteiger partial charge in [0, 0.05) is 19.4 Å². The molecule has 0 aromatic heterocycles. The molecule has 0 aromatic rings. The summed E-state index contributed by atoms with van der Waals surface area (Å²) in [4.78, 5) is 42.8. The fourth-order valence-corrected chi connectivity index (χ4v) is 1.19. The number of carbonyl (C=O) groups excluding carboxylic acids is 2. The molecular formula is C10H17N3O6. The molecule has 0 aliphatic rings. The zero-order valence-corrected chi connectivity index (χ0v) is 10.2. The van der Waals surface area contributed by atoms with Gasteiger partial charge < -0.3 is 26.6 Å². The molecule has 1 atom stereocenters. The highest BCUT2D eigenvalue weighted by molar-refractivity contribution is 5.83. The Morgan fingerprint density at radius 1 is 1.11 bits per heavy atom. The second-order valence-electron chi connectivity index (χ2n) is 3.79. The summed E-state index contributed by atoms with van der Waals surface area (Å²) < 4.78 is 0. The second kappa shape index (κ2) is 8.72. The van der Waals surface area contributed by atoms with E-state index < -0.39 is 29.9 Å². The number of aliphatic carboxylic acids is 2. The molecule has 0 bridgehead atoms. The Bertz CT molecular complexity index is 357. The number of hydrogen-bond acceptors (Lipinski definition) is 4. The minimum Gasteiger partial charge on any atom is -0.481 e. The molecule has 0 aromatic carbocycles. The third-order valence-electron chi connectivity index (χ3n) is 2.14. The summed E-state index contributed by atoms with van der Waals surface area (Å²) in [6.07, 6.45) is -0.116. The summed E-state index contributed by atoms with van der Waals surface area (Å²) in [7, 11) is 0. The van der Waals surface area contributed by atoms with E-state index in [2.05, 4.69) is 10.6 Å². The van der Waals surface area contributed by atoms with Gasteiger partial charge in [-0.05, 0) is 12.8 Å². The maximum atomic E-state index is 11.3. The molecule has 0 aliphatic carbocycles. The van der Waals surface area contributed by atoms with Gasteiger partial charge in [-0.1, -0.05) is 0 Å². The van der Waals surface area contributed by atoms with E-state index >= 15 is 0 Å². The highest BCUT2D eigenvalue weighted by Gasteiger charge is 2.20. The summed E-state index contributed by atoms with van der Waals surface area (Å²) in [6, 6.07) is -1.95. The Balaban J connectivity index is 3.99. The number of carboxylic acids is 2. The van der Waals surface area contributed by atoms with Crippen molar-refractivity contribution in [2.45, 2.75) is 31.7 Å². The van der Waals surface area contributed by atoms with Crippen molar-refractivity contribution < 1.29 is 29.4 Å². The fraction of sp³-hybridized carbons (Fsp3) is 0.600. The first-order chi connectivity index (χ1) is 8.82. The van der Waals surface area contributed by atoms with Gasteiger partial charge in [-0.15, -0.1) is 0 Å². The van der Waals surface area contributed by atoms with E-state index in [9.17, 15) is 19.2 Å². The lowest BCUT2D eigenvalue weighted by Gasteiger charge is -2.14. The SMILES string of the molecule is NC(=O)CC[C@H](NC(=O)NCCCC(=O)O)C(=O)O. The van der Waals surface area contributed by atoms with E-state index in [0.717, 1.165) is 0 Å². The minimum absolute atomic E-state index is 0.0929. The Hall–Kier alpha value is -2.32. The number of amides is 3. The first-order valence-electron chi connectivity index (χ1n) is 5.60. The first kappa shape index (κ1) is 16.7. The molecule has 3 amide bonds. The lowest BCUT2D eigenvalue weighted by Crippen LogP contribution is -2.46. The van der Waals surface area contributed by atoms with Crippen LogP contribution in [0.3, 0.4) is 0 Å². The highest BCUT2D eigenvalue weighted by Crippen LogP contribution is 1.97. The fourth-order valence-electron chi connectivity index (χ4n) is 1.19. The molecule has 9 heteroatoms. The maximum absolute atomic E-state index is 11.3. The zero-order valence-electron chi connectivity index (χ0n) is 10.2. The number of rotatable bonds is 9. The molecule has 0 rings (SSSR count). The average Bonchev–Trinajstić information content (AvgIpc) is 2.29. The van der Waals surface area contributed by atoms with Crippen LogP contribution in [-0.4, -0.2) is 46.7 Å². The van der Waals surface area contributed by atoms with Crippen LogP contribution in [0.5, 0.6) is 0 Å². The van der Waals surface area contributed by atoms with E-state index in [1.54, 1.807) is 0 Å². The highest BCUT2D eigenvalue weighted by atomic mass is 16.4. The van der Waals surface area contributed by atoms with Crippen LogP contribution in [0, 0.1) is 0 Å². The molecule has 0 fully saturated rings. The van der Waals surface area contributed by atoms with Crippen LogP contribution >= 0.6 is 0 Å². The van der Waals surface area contributed by atoms with Crippen molar-refractivity contribution in [3.8, 4) is 0 Å². The summed E-state index contributed by atoms with van der Waals surface area (Å²) >= 11 is 0. The lowest BCUT2D eigenvalue weighted by molar-refractivity contribution is -0.139. The Labute approximate surface area is 109 Å². The number of nitrogens with two attached hydrogens (primary N) is 1. The summed E-state index contributed by atoms with van der Waals surface area (Å²) in [5, 5.41) is 21.6. The van der Waals surface area contributed by atoms with Crippen LogP contribution in [0.1, 0.15) is 25.7 Å². The molecule has 0 unspecified atom stereocenters. The van der Waals surface area contributed by atoms with Crippen molar-refractivity contribution in [1.82, 2.24) is 10.6 Å². The number of hydrogen-bond donors (Lipinski definition) is 5. The standard InChI is InChI=1S/C10H17N3O6/c11-7(14)4-3-6(9(17)18)13-10(19)12-5-1-2-8(15)16/h6H,1-5H2,(H2,11,14)(H,15,16)(H,17,18)(H2,12,13,19)/t6-/m0/s1. The second-order valence-corrected chi connectivity index (χ2v) is 3.79. The topological polar surface area (TPSA) is 159 Å². The van der Waals surface area contributed by atoms with Crippen LogP contribution in [0.2, 0.25) is 0 Å². The van der Waals surface area contributed by atoms with Gasteiger partial charge in [0.1, 0.15) is 6.04 Å². The van der Waals surface area contributed by atoms with Gasteiger partial charge in [0.15, 0.2) is 0 Å². The van der Waals surface area contributed by atoms with Crippen LogP contribution in [0.4, 0.5) is 4.79 Å². The van der Waals surface area contributed by atoms with Crippen LogP contribution in [0.15, 0.2) is 0 Å². The molecule has 108 valence electrons. The molecule has 0 heterocycles. The predicted molar refractivity (Wildman–Crippen MR) is 63.3 cm³/mol. The molecule has 0 saturated carbocycles. The third-order valence-corrected chi connectivity index (χ3v) is 2.14. The lowest BCUT2D eigenvalue weighted by atomic mass is 10.1. The number of nitrogens with one attached hydrogen (secondary N) is 2. The third kappa shape index (κ3) is 9.39. The molecule has 19 heavy (non-hydrogen) atoms. The summed E-state index contributed by atoms with van der Waals surface area (Å²) in [5.41, 5.74) is 4.88. The molecule has 0 aliphatic heterocycles. The number of carbonyl (C=O) groups is 4. The van der Waals surface area contributed by atoms with Gasteiger partial charge in [0.05, 0.1) is 0 Å². The molecule has 0 radical (unpaired) electrons. The van der Waals surface area contributed by atoms with E-state index in [-0.39, 0.29) is 32.2 Å². The van der Waals surface area contributed by atoms with Gasteiger partial charge in [0.25, 0.3) is 0 Å². The summed E-state index contributed by atoms with van der Waals surface area (Å²) in [5.74, 6) is -2.91. The van der Waals surface area contributed by atoms with Crippen LogP contribution in [0.25, 0.3) is 0 Å². The van der Waals surface area contributed by atoms with Crippen molar-refractivity contribution >= 4 is 23.9 Å². The van der Waals surface area contributed by atoms with Gasteiger partial charge in [-0.2, -0.15) is 0 Å². The monoisotopic (exact) mass is 275 g/mol. The van der Waals surface area contributed by atoms with Gasteiger partial charge in [-0.25, -0.2) is 9.59 Å². The molecular weight excluding hydrogens is 258 g/mol. The van der Waals surface area contributed by atoms with Crippen LogP contribution in [-0.2, 0) is 14.4 Å². The summed E-state index contributed by atoms with van der Waals surface area (Å²) in [6.45, 7) is 0.111. The maximum Gasteiger partial charge on any atom is 0.326 e. The van der Waals surface area contributed by atoms with Crippen LogP contribution < -0.4 is 16.4 Å². The van der Waals surface area contributed by atoms with E-state index in [4.69, 9.17) is 15.9 Å². The van der Waals surface area contributed by atoms with Crippen molar-refractivity contribution in [2.24, 2.45) is 5.73 Å². The molecule has 9 nitrogen and oxygen atoms in total. The van der Waals surface area contributed by atoms with Gasteiger partial charge in [0.2, 0.25) is 5.91 Å². The zero-order chi connectivity index (χ0) is 14.8. The largest absolute Gasteiger partial charge is 0.481 e. The molecule has 0 spiro atoms. The number of urea groups is 1. The van der Waals surface area contributed by atoms with E-state index in [1.807, 2.05) is 0 Å². The smallest absolute Gasteiger partial charge is 0.326 e.